The summed E-state index contributed by atoms with van der Waals surface area (Å²) in [6.07, 6.45) is 4.86. The minimum atomic E-state index is -0.420. The summed E-state index contributed by atoms with van der Waals surface area (Å²) in [5, 5.41) is 6.98. The Morgan fingerprint density at radius 2 is 2.18 bits per heavy atom. The Bertz CT molecular complexity index is 1070. The first-order chi connectivity index (χ1) is 13.6. The van der Waals surface area contributed by atoms with Crippen molar-refractivity contribution in [3.63, 3.8) is 0 Å². The first kappa shape index (κ1) is 16.8. The van der Waals surface area contributed by atoms with Crippen molar-refractivity contribution in [3.05, 3.63) is 36.3 Å². The maximum absolute atomic E-state index is 12.9. The van der Waals surface area contributed by atoms with E-state index in [1.165, 1.54) is 17.8 Å². The van der Waals surface area contributed by atoms with E-state index in [2.05, 4.69) is 25.3 Å². The Morgan fingerprint density at radius 1 is 1.36 bits per heavy atom. The fourth-order valence-corrected chi connectivity index (χ4v) is 3.67. The molecule has 3 aromatic heterocycles. The number of aromatic nitrogens is 4. The Hall–Kier alpha value is -3.40. The summed E-state index contributed by atoms with van der Waals surface area (Å²) < 4.78 is 12.1. The van der Waals surface area contributed by atoms with Gasteiger partial charge in [-0.05, 0) is 6.07 Å². The van der Waals surface area contributed by atoms with Gasteiger partial charge in [-0.1, -0.05) is 0 Å². The molecule has 1 spiro atoms. The fourth-order valence-electron chi connectivity index (χ4n) is 3.67. The van der Waals surface area contributed by atoms with Crippen molar-refractivity contribution in [1.29, 1.82) is 0 Å². The number of carbonyl (C=O) groups excluding carboxylic acids is 1. The van der Waals surface area contributed by atoms with Crippen molar-refractivity contribution >= 4 is 28.9 Å². The molecule has 0 bridgehead atoms. The molecule has 0 aromatic carbocycles. The van der Waals surface area contributed by atoms with Crippen LogP contribution in [0.3, 0.4) is 0 Å². The molecule has 0 radical (unpaired) electrons. The minimum Gasteiger partial charge on any atom is -0.494 e. The van der Waals surface area contributed by atoms with Gasteiger partial charge in [-0.2, -0.15) is 0 Å². The van der Waals surface area contributed by atoms with Gasteiger partial charge in [0.2, 0.25) is 0 Å². The predicted molar refractivity (Wildman–Crippen MR) is 102 cm³/mol. The number of hydrogen-bond acceptors (Lipinski definition) is 8. The number of nitrogens with zero attached hydrogens (tertiary/aromatic N) is 5. The highest BCUT2D eigenvalue weighted by atomic mass is 16.5. The molecule has 2 aliphatic heterocycles. The first-order valence-corrected chi connectivity index (χ1v) is 8.85. The van der Waals surface area contributed by atoms with Crippen molar-refractivity contribution < 1.29 is 14.3 Å². The van der Waals surface area contributed by atoms with Crippen LogP contribution in [0.15, 0.2) is 30.7 Å². The van der Waals surface area contributed by atoms with E-state index in [0.717, 1.165) is 32.1 Å². The molecule has 3 aromatic rings. The number of pyridine rings is 1. The van der Waals surface area contributed by atoms with Crippen LogP contribution in [0.1, 0.15) is 10.4 Å². The zero-order valence-corrected chi connectivity index (χ0v) is 15.3. The van der Waals surface area contributed by atoms with Crippen LogP contribution >= 0.6 is 0 Å². The second-order valence-corrected chi connectivity index (χ2v) is 7.19. The number of nitrogens with one attached hydrogen (secondary N) is 1. The normalized spacial score (nSPS) is 17.2. The summed E-state index contributed by atoms with van der Waals surface area (Å²) in [6, 6.07) is 3.53. The SMILES string of the molecule is COc1ccncc1NC(=O)c1c(N)nn2ccc(N3CC4(COC4)C3)nc12. The minimum absolute atomic E-state index is 0.109. The number of amides is 1. The van der Waals surface area contributed by atoms with Gasteiger partial charge in [0.05, 0.1) is 31.9 Å². The number of anilines is 3. The molecule has 1 amide bonds. The Morgan fingerprint density at radius 3 is 2.89 bits per heavy atom. The molecule has 10 heteroatoms. The van der Waals surface area contributed by atoms with Crippen LogP contribution in [0.5, 0.6) is 5.75 Å². The second-order valence-electron chi connectivity index (χ2n) is 7.19. The van der Waals surface area contributed by atoms with E-state index in [1.54, 1.807) is 18.5 Å². The summed E-state index contributed by atoms with van der Waals surface area (Å²) >= 11 is 0. The van der Waals surface area contributed by atoms with E-state index >= 15 is 0 Å². The van der Waals surface area contributed by atoms with E-state index < -0.39 is 5.91 Å². The molecule has 3 N–H and O–H groups in total. The molecule has 10 nitrogen and oxygen atoms in total. The lowest BCUT2D eigenvalue weighted by atomic mass is 9.78. The molecule has 2 aliphatic rings. The number of fused-ring (bicyclic) bond motifs is 1. The molecular weight excluding hydrogens is 362 g/mol. The standard InChI is InChI=1S/C18H19N7O3/c1-27-12-2-4-20-6-11(12)21-17(26)14-15(19)23-25-5-3-13(22-16(14)25)24-7-18(8-24)9-28-10-18/h2-6H,7-10H2,1H3,(H2,19,23)(H,21,26). The summed E-state index contributed by atoms with van der Waals surface area (Å²) in [5.74, 6) is 0.979. The van der Waals surface area contributed by atoms with Crippen molar-refractivity contribution in [2.45, 2.75) is 0 Å². The maximum Gasteiger partial charge on any atom is 0.263 e. The highest BCUT2D eigenvalue weighted by Gasteiger charge is 2.49. The molecule has 0 unspecified atom stereocenters. The topological polar surface area (TPSA) is 120 Å². The van der Waals surface area contributed by atoms with Crippen molar-refractivity contribution in [1.82, 2.24) is 19.6 Å². The third-order valence-corrected chi connectivity index (χ3v) is 5.17. The largest absolute Gasteiger partial charge is 0.494 e. The number of rotatable bonds is 4. The van der Waals surface area contributed by atoms with Crippen LogP contribution in [0.2, 0.25) is 0 Å². The fraction of sp³-hybridized carbons (Fsp3) is 0.333. The second kappa shape index (κ2) is 6.06. The summed E-state index contributed by atoms with van der Waals surface area (Å²) in [6.45, 7) is 3.39. The number of carbonyl (C=O) groups is 1. The van der Waals surface area contributed by atoms with Crippen molar-refractivity contribution in [2.75, 3.05) is 49.4 Å². The van der Waals surface area contributed by atoms with Crippen LogP contribution in [0, 0.1) is 5.41 Å². The maximum atomic E-state index is 12.9. The first-order valence-electron chi connectivity index (χ1n) is 8.85. The van der Waals surface area contributed by atoms with Gasteiger partial charge < -0.3 is 25.4 Å². The number of methoxy groups -OCH3 is 1. The molecule has 5 heterocycles. The summed E-state index contributed by atoms with van der Waals surface area (Å²) in [5.41, 5.74) is 7.35. The average Bonchev–Trinajstić information content (AvgIpc) is 2.95. The third kappa shape index (κ3) is 2.53. The van der Waals surface area contributed by atoms with Crippen LogP contribution in [0.4, 0.5) is 17.3 Å². The van der Waals surface area contributed by atoms with Crippen LogP contribution in [0.25, 0.3) is 5.65 Å². The van der Waals surface area contributed by atoms with Gasteiger partial charge in [-0.3, -0.25) is 9.78 Å². The van der Waals surface area contributed by atoms with Crippen LogP contribution in [-0.4, -0.2) is 58.9 Å². The number of ether oxygens (including phenoxy) is 2. The molecule has 2 saturated heterocycles. The molecule has 28 heavy (non-hydrogen) atoms. The third-order valence-electron chi connectivity index (χ3n) is 5.17. The highest BCUT2D eigenvalue weighted by molar-refractivity contribution is 6.12. The van der Waals surface area contributed by atoms with E-state index in [4.69, 9.17) is 15.2 Å². The Balaban J connectivity index is 1.45. The van der Waals surface area contributed by atoms with Gasteiger partial charge in [0.25, 0.3) is 5.91 Å². The van der Waals surface area contributed by atoms with Crippen LogP contribution < -0.4 is 20.7 Å². The monoisotopic (exact) mass is 381 g/mol. The molecular formula is C18H19N7O3. The highest BCUT2D eigenvalue weighted by Crippen LogP contribution is 2.39. The molecule has 0 saturated carbocycles. The molecule has 0 atom stereocenters. The van der Waals surface area contributed by atoms with Crippen LogP contribution in [-0.2, 0) is 4.74 Å². The summed E-state index contributed by atoms with van der Waals surface area (Å²) in [7, 11) is 1.52. The van der Waals surface area contributed by atoms with E-state index in [9.17, 15) is 4.79 Å². The lowest BCUT2D eigenvalue weighted by Crippen LogP contribution is -2.66. The Kier molecular flexibility index (Phi) is 3.63. The average molecular weight is 381 g/mol. The number of hydrogen-bond donors (Lipinski definition) is 2. The zero-order valence-electron chi connectivity index (χ0n) is 15.3. The lowest BCUT2D eigenvalue weighted by Gasteiger charge is -2.55. The van der Waals surface area contributed by atoms with Gasteiger partial charge >= 0.3 is 0 Å². The van der Waals surface area contributed by atoms with Crippen molar-refractivity contribution in [2.24, 2.45) is 5.41 Å². The molecule has 144 valence electrons. The lowest BCUT2D eigenvalue weighted by molar-refractivity contribution is -0.127. The van der Waals surface area contributed by atoms with Gasteiger partial charge in [0.15, 0.2) is 11.5 Å². The van der Waals surface area contributed by atoms with Gasteiger partial charge in [0.1, 0.15) is 22.8 Å². The van der Waals surface area contributed by atoms with Crippen molar-refractivity contribution in [3.8, 4) is 5.75 Å². The van der Waals surface area contributed by atoms with Gasteiger partial charge in [-0.15, -0.1) is 5.10 Å². The van der Waals surface area contributed by atoms with E-state index in [0.29, 0.717) is 17.1 Å². The van der Waals surface area contributed by atoms with Gasteiger partial charge in [0, 0.05) is 31.5 Å². The smallest absolute Gasteiger partial charge is 0.263 e. The molecule has 0 aliphatic carbocycles. The number of nitrogens with two attached hydrogens (primary N) is 1. The predicted octanol–water partition coefficient (Wildman–Crippen LogP) is 0.804. The molecule has 2 fully saturated rings. The zero-order chi connectivity index (χ0) is 19.3. The quantitative estimate of drug-likeness (QED) is 0.681. The number of nitrogen functional groups attached to an aromatic ring is 1. The molecule has 5 rings (SSSR count). The Labute approximate surface area is 160 Å². The van der Waals surface area contributed by atoms with Gasteiger partial charge in [-0.25, -0.2) is 9.50 Å². The van der Waals surface area contributed by atoms with E-state index in [1.807, 2.05) is 6.07 Å². The summed E-state index contributed by atoms with van der Waals surface area (Å²) in [4.78, 5) is 23.7. The van der Waals surface area contributed by atoms with E-state index in [-0.39, 0.29) is 16.8 Å².